The van der Waals surface area contributed by atoms with Gasteiger partial charge in [0.2, 0.25) is 0 Å². The maximum Gasteiger partial charge on any atom is 0.123 e. The summed E-state index contributed by atoms with van der Waals surface area (Å²) in [5.74, 6) is -0.213. The summed E-state index contributed by atoms with van der Waals surface area (Å²) in [6, 6.07) is 34.4. The molecule has 0 unspecified atom stereocenters. The van der Waals surface area contributed by atoms with E-state index in [-0.39, 0.29) is 5.82 Å². The molecule has 0 aliphatic rings. The van der Waals surface area contributed by atoms with Gasteiger partial charge in [-0.2, -0.15) is 0 Å². The van der Waals surface area contributed by atoms with Crippen molar-refractivity contribution in [3.05, 3.63) is 109 Å². The first-order valence-corrected chi connectivity index (χ1v) is 9.06. The van der Waals surface area contributed by atoms with Crippen molar-refractivity contribution >= 4 is 21.5 Å². The summed E-state index contributed by atoms with van der Waals surface area (Å²) < 4.78 is 13.7. The fourth-order valence-corrected chi connectivity index (χ4v) is 3.82. The van der Waals surface area contributed by atoms with E-state index < -0.39 is 0 Å². The highest BCUT2D eigenvalue weighted by atomic mass is 19.1. The van der Waals surface area contributed by atoms with E-state index in [1.807, 2.05) is 12.1 Å². The van der Waals surface area contributed by atoms with Crippen LogP contribution in [0.25, 0.3) is 43.8 Å². The predicted molar refractivity (Wildman–Crippen MR) is 112 cm³/mol. The minimum atomic E-state index is -0.213. The van der Waals surface area contributed by atoms with Gasteiger partial charge in [-0.1, -0.05) is 84.9 Å². The van der Waals surface area contributed by atoms with Gasteiger partial charge in [-0.3, -0.25) is 0 Å². The Morgan fingerprint density at radius 1 is 0.444 bits per heavy atom. The Labute approximate surface area is 157 Å². The number of hydrogen-bond acceptors (Lipinski definition) is 0. The molecule has 0 nitrogen and oxygen atoms in total. The zero-order valence-corrected chi connectivity index (χ0v) is 14.7. The lowest BCUT2D eigenvalue weighted by atomic mass is 9.91. The largest absolute Gasteiger partial charge is 0.207 e. The molecule has 0 saturated heterocycles. The van der Waals surface area contributed by atoms with E-state index in [2.05, 4.69) is 72.8 Å². The number of halogens is 1. The summed E-state index contributed by atoms with van der Waals surface area (Å²) in [6.07, 6.45) is 0. The van der Waals surface area contributed by atoms with Crippen molar-refractivity contribution in [3.8, 4) is 22.3 Å². The molecule has 5 aromatic carbocycles. The molecular weight excluding hydrogens is 331 g/mol. The van der Waals surface area contributed by atoms with Crippen LogP contribution in [0.15, 0.2) is 103 Å². The maximum atomic E-state index is 13.7. The maximum absolute atomic E-state index is 13.7. The third-order valence-corrected chi connectivity index (χ3v) is 5.12. The molecule has 5 rings (SSSR count). The van der Waals surface area contributed by atoms with Crippen molar-refractivity contribution in [2.75, 3.05) is 0 Å². The Kier molecular flexibility index (Phi) is 3.72. The second kappa shape index (κ2) is 6.37. The molecule has 1 heteroatoms. The second-order valence-corrected chi connectivity index (χ2v) is 6.78. The number of hydrogen-bond donors (Lipinski definition) is 0. The van der Waals surface area contributed by atoms with Crippen LogP contribution in [0.4, 0.5) is 4.39 Å². The Morgan fingerprint density at radius 3 is 1.78 bits per heavy atom. The average Bonchev–Trinajstić information content (AvgIpc) is 2.72. The number of benzene rings is 5. The minimum Gasteiger partial charge on any atom is -0.207 e. The van der Waals surface area contributed by atoms with Gasteiger partial charge >= 0.3 is 0 Å². The van der Waals surface area contributed by atoms with Crippen molar-refractivity contribution < 1.29 is 4.39 Å². The van der Waals surface area contributed by atoms with Crippen LogP contribution in [-0.2, 0) is 0 Å². The summed E-state index contributed by atoms with van der Waals surface area (Å²) in [7, 11) is 0. The first kappa shape index (κ1) is 15.8. The molecule has 128 valence electrons. The first-order valence-electron chi connectivity index (χ1n) is 9.06. The zero-order valence-electron chi connectivity index (χ0n) is 14.7. The monoisotopic (exact) mass is 348 g/mol. The van der Waals surface area contributed by atoms with Gasteiger partial charge in [0.25, 0.3) is 0 Å². The molecule has 0 heterocycles. The van der Waals surface area contributed by atoms with Crippen LogP contribution in [0, 0.1) is 5.82 Å². The van der Waals surface area contributed by atoms with Gasteiger partial charge in [0.05, 0.1) is 0 Å². The van der Waals surface area contributed by atoms with Crippen molar-refractivity contribution in [1.82, 2.24) is 0 Å². The number of fused-ring (bicyclic) bond motifs is 2. The topological polar surface area (TPSA) is 0 Å². The van der Waals surface area contributed by atoms with Crippen LogP contribution in [0.2, 0.25) is 0 Å². The molecule has 0 N–H and O–H groups in total. The van der Waals surface area contributed by atoms with Crippen LogP contribution in [-0.4, -0.2) is 0 Å². The first-order chi connectivity index (χ1) is 13.3. The smallest absolute Gasteiger partial charge is 0.123 e. The fourth-order valence-electron chi connectivity index (χ4n) is 3.82. The summed E-state index contributed by atoms with van der Waals surface area (Å²) in [6.45, 7) is 0. The zero-order chi connectivity index (χ0) is 18.2. The van der Waals surface area contributed by atoms with Crippen LogP contribution < -0.4 is 0 Å². The van der Waals surface area contributed by atoms with E-state index >= 15 is 0 Å². The van der Waals surface area contributed by atoms with Gasteiger partial charge in [0.15, 0.2) is 0 Å². The molecule has 0 spiro atoms. The Hall–Kier alpha value is -3.45. The van der Waals surface area contributed by atoms with Crippen molar-refractivity contribution in [3.63, 3.8) is 0 Å². The third kappa shape index (κ3) is 2.78. The van der Waals surface area contributed by atoms with Gasteiger partial charge < -0.3 is 0 Å². The van der Waals surface area contributed by atoms with Gasteiger partial charge in [0.1, 0.15) is 5.82 Å². The summed E-state index contributed by atoms with van der Waals surface area (Å²) in [5.41, 5.74) is 4.33. The Balaban J connectivity index is 1.75. The Morgan fingerprint density at radius 2 is 1.07 bits per heavy atom. The van der Waals surface area contributed by atoms with Gasteiger partial charge in [-0.15, -0.1) is 0 Å². The van der Waals surface area contributed by atoms with Crippen molar-refractivity contribution in [2.24, 2.45) is 0 Å². The van der Waals surface area contributed by atoms with Crippen LogP contribution in [0.3, 0.4) is 0 Å². The molecule has 27 heavy (non-hydrogen) atoms. The van der Waals surface area contributed by atoms with Gasteiger partial charge in [-0.25, -0.2) is 4.39 Å². The quantitative estimate of drug-likeness (QED) is 0.310. The predicted octanol–water partition coefficient (Wildman–Crippen LogP) is 7.47. The summed E-state index contributed by atoms with van der Waals surface area (Å²) >= 11 is 0. The van der Waals surface area contributed by atoms with Crippen LogP contribution in [0.5, 0.6) is 0 Å². The third-order valence-electron chi connectivity index (χ3n) is 5.12. The standard InChI is InChI=1S/C26H17F/c27-22-9-5-8-20(17-22)23-14-15-24(26-11-4-3-10-25(23)26)21-13-12-18-6-1-2-7-19(18)16-21/h1-17H. The number of rotatable bonds is 2. The molecule has 0 aliphatic carbocycles. The lowest BCUT2D eigenvalue weighted by Gasteiger charge is -2.13. The normalized spacial score (nSPS) is 11.1. The highest BCUT2D eigenvalue weighted by molar-refractivity contribution is 6.05. The van der Waals surface area contributed by atoms with E-state index in [0.717, 1.165) is 16.5 Å². The fraction of sp³-hybridized carbons (Fsp3) is 0. The van der Waals surface area contributed by atoms with Gasteiger partial charge in [-0.05, 0) is 62.0 Å². The van der Waals surface area contributed by atoms with E-state index in [1.54, 1.807) is 12.1 Å². The molecule has 0 aliphatic heterocycles. The molecule has 0 atom stereocenters. The molecule has 0 amide bonds. The second-order valence-electron chi connectivity index (χ2n) is 6.78. The molecule has 0 bridgehead atoms. The van der Waals surface area contributed by atoms with Crippen LogP contribution >= 0.6 is 0 Å². The van der Waals surface area contributed by atoms with E-state index in [0.29, 0.717) is 0 Å². The highest BCUT2D eigenvalue weighted by Gasteiger charge is 2.10. The molecule has 0 fully saturated rings. The van der Waals surface area contributed by atoms with Gasteiger partial charge in [0, 0.05) is 0 Å². The lowest BCUT2D eigenvalue weighted by Crippen LogP contribution is -1.87. The lowest BCUT2D eigenvalue weighted by molar-refractivity contribution is 0.628. The summed E-state index contributed by atoms with van der Waals surface area (Å²) in [5, 5.41) is 4.78. The molecular formula is C26H17F. The highest BCUT2D eigenvalue weighted by Crippen LogP contribution is 2.36. The summed E-state index contributed by atoms with van der Waals surface area (Å²) in [4.78, 5) is 0. The molecule has 0 aromatic heterocycles. The molecule has 0 radical (unpaired) electrons. The minimum absolute atomic E-state index is 0.213. The van der Waals surface area contributed by atoms with E-state index in [1.165, 1.54) is 33.4 Å². The van der Waals surface area contributed by atoms with Crippen molar-refractivity contribution in [1.29, 1.82) is 0 Å². The molecule has 5 aromatic rings. The van der Waals surface area contributed by atoms with Crippen LogP contribution in [0.1, 0.15) is 0 Å². The van der Waals surface area contributed by atoms with Crippen molar-refractivity contribution in [2.45, 2.75) is 0 Å². The Bertz CT molecular complexity index is 1280. The average molecular weight is 348 g/mol. The van der Waals surface area contributed by atoms with E-state index in [9.17, 15) is 4.39 Å². The van der Waals surface area contributed by atoms with E-state index in [4.69, 9.17) is 0 Å². The molecule has 0 saturated carbocycles. The SMILES string of the molecule is Fc1cccc(-c2ccc(-c3ccc4ccccc4c3)c3ccccc23)c1.